The molecule has 0 radical (unpaired) electrons. The number of pyridine rings is 1. The van der Waals surface area contributed by atoms with Crippen molar-refractivity contribution in [2.45, 2.75) is 57.5 Å². The second-order valence-corrected chi connectivity index (χ2v) is 8.99. The zero-order valence-corrected chi connectivity index (χ0v) is 20.0. The van der Waals surface area contributed by atoms with E-state index in [4.69, 9.17) is 9.47 Å². The van der Waals surface area contributed by atoms with Crippen molar-refractivity contribution in [3.63, 3.8) is 0 Å². The SMILES string of the molecule is COc1cccc(CNC(=O)c2cn(C3CCCC3)cc(C(=O)N3CCCCC3)c2=O)c1OC. The van der Waals surface area contributed by atoms with Gasteiger partial charge in [-0.2, -0.15) is 0 Å². The summed E-state index contributed by atoms with van der Waals surface area (Å²) >= 11 is 0. The number of ether oxygens (including phenoxy) is 2. The number of aromatic nitrogens is 1. The molecular formula is C26H33N3O5. The van der Waals surface area contributed by atoms with Gasteiger partial charge in [-0.25, -0.2) is 0 Å². The van der Waals surface area contributed by atoms with E-state index in [0.717, 1.165) is 50.5 Å². The van der Waals surface area contributed by atoms with Crippen LogP contribution in [0.1, 0.15) is 77.3 Å². The molecule has 0 atom stereocenters. The van der Waals surface area contributed by atoms with Crippen LogP contribution in [0.5, 0.6) is 11.5 Å². The van der Waals surface area contributed by atoms with Crippen molar-refractivity contribution in [2.75, 3.05) is 27.3 Å². The molecular weight excluding hydrogens is 434 g/mol. The molecule has 1 saturated carbocycles. The van der Waals surface area contributed by atoms with Crippen molar-refractivity contribution in [1.29, 1.82) is 0 Å². The Hall–Kier alpha value is -3.29. The lowest BCUT2D eigenvalue weighted by Crippen LogP contribution is -2.40. The van der Waals surface area contributed by atoms with Gasteiger partial charge in [0.25, 0.3) is 11.8 Å². The highest BCUT2D eigenvalue weighted by Crippen LogP contribution is 2.31. The minimum atomic E-state index is -0.514. The fourth-order valence-electron chi connectivity index (χ4n) is 4.96. The molecule has 2 fully saturated rings. The van der Waals surface area contributed by atoms with Crippen molar-refractivity contribution < 1.29 is 19.1 Å². The van der Waals surface area contributed by atoms with Gasteiger partial charge in [0.1, 0.15) is 11.1 Å². The van der Waals surface area contributed by atoms with E-state index in [2.05, 4.69) is 5.32 Å². The smallest absolute Gasteiger partial charge is 0.259 e. The third-order valence-electron chi connectivity index (χ3n) is 6.83. The molecule has 2 aromatic rings. The molecule has 1 saturated heterocycles. The van der Waals surface area contributed by atoms with E-state index in [1.807, 2.05) is 16.7 Å². The van der Waals surface area contributed by atoms with E-state index in [9.17, 15) is 14.4 Å². The normalized spacial score (nSPS) is 16.4. The summed E-state index contributed by atoms with van der Waals surface area (Å²) in [5.41, 5.74) is 0.295. The Labute approximate surface area is 199 Å². The number of carbonyl (C=O) groups is 2. The molecule has 1 N–H and O–H groups in total. The minimum absolute atomic E-state index is 0.00313. The van der Waals surface area contributed by atoms with Crippen molar-refractivity contribution in [3.8, 4) is 11.5 Å². The Morgan fingerprint density at radius 1 is 0.971 bits per heavy atom. The van der Waals surface area contributed by atoms with Gasteiger partial charge in [-0.1, -0.05) is 25.0 Å². The molecule has 1 aliphatic heterocycles. The number of methoxy groups -OCH3 is 2. The summed E-state index contributed by atoms with van der Waals surface area (Å²) in [5, 5.41) is 2.83. The summed E-state index contributed by atoms with van der Waals surface area (Å²) < 4.78 is 12.7. The first-order valence-electron chi connectivity index (χ1n) is 12.1. The number of rotatable bonds is 7. The average Bonchev–Trinajstić information content (AvgIpc) is 3.42. The second kappa shape index (κ2) is 10.8. The molecule has 8 nitrogen and oxygen atoms in total. The van der Waals surface area contributed by atoms with E-state index in [1.54, 1.807) is 37.6 Å². The van der Waals surface area contributed by atoms with Gasteiger partial charge in [0.15, 0.2) is 11.5 Å². The van der Waals surface area contributed by atoms with E-state index in [0.29, 0.717) is 24.6 Å². The molecule has 0 spiro atoms. The number of benzene rings is 1. The molecule has 2 amide bonds. The average molecular weight is 468 g/mol. The molecule has 1 aromatic heterocycles. The van der Waals surface area contributed by atoms with Gasteiger partial charge in [-0.3, -0.25) is 14.4 Å². The Balaban J connectivity index is 1.63. The highest BCUT2D eigenvalue weighted by atomic mass is 16.5. The number of amides is 2. The van der Waals surface area contributed by atoms with Gasteiger partial charge >= 0.3 is 0 Å². The Bertz CT molecular complexity index is 1100. The topological polar surface area (TPSA) is 89.9 Å². The third-order valence-corrected chi connectivity index (χ3v) is 6.83. The molecule has 2 aliphatic rings. The van der Waals surface area contributed by atoms with Gasteiger partial charge in [-0.05, 0) is 38.2 Å². The largest absolute Gasteiger partial charge is 0.493 e. The van der Waals surface area contributed by atoms with E-state index < -0.39 is 11.3 Å². The van der Waals surface area contributed by atoms with E-state index in [-0.39, 0.29) is 29.6 Å². The minimum Gasteiger partial charge on any atom is -0.493 e. The second-order valence-electron chi connectivity index (χ2n) is 8.99. The van der Waals surface area contributed by atoms with Gasteiger partial charge in [0, 0.05) is 43.6 Å². The number of nitrogens with one attached hydrogen (secondary N) is 1. The molecule has 8 heteroatoms. The lowest BCUT2D eigenvalue weighted by atomic mass is 10.1. The van der Waals surface area contributed by atoms with Crippen LogP contribution in [0.25, 0.3) is 0 Å². The lowest BCUT2D eigenvalue weighted by Gasteiger charge is -2.27. The fraction of sp³-hybridized carbons (Fsp3) is 0.500. The lowest BCUT2D eigenvalue weighted by molar-refractivity contribution is 0.0722. The van der Waals surface area contributed by atoms with Gasteiger partial charge in [0.05, 0.1) is 14.2 Å². The van der Waals surface area contributed by atoms with Crippen molar-refractivity contribution in [2.24, 2.45) is 0 Å². The molecule has 4 rings (SSSR count). The Kier molecular flexibility index (Phi) is 7.55. The summed E-state index contributed by atoms with van der Waals surface area (Å²) in [6.45, 7) is 1.45. The molecule has 182 valence electrons. The Morgan fingerprint density at radius 2 is 1.68 bits per heavy atom. The standard InChI is InChI=1S/C26H33N3O5/c1-33-22-12-8-9-18(24(22)34-2)15-27-25(31)20-16-29(19-10-4-5-11-19)17-21(23(20)30)26(32)28-13-6-3-7-14-28/h8-9,12,16-17,19H,3-7,10-11,13-15H2,1-2H3,(H,27,31). The zero-order valence-electron chi connectivity index (χ0n) is 20.0. The molecule has 0 unspecified atom stereocenters. The van der Waals surface area contributed by atoms with Crippen LogP contribution in [0.15, 0.2) is 35.4 Å². The van der Waals surface area contributed by atoms with E-state index >= 15 is 0 Å². The predicted molar refractivity (Wildman–Crippen MR) is 129 cm³/mol. The van der Waals surface area contributed by atoms with Crippen molar-refractivity contribution in [1.82, 2.24) is 14.8 Å². The van der Waals surface area contributed by atoms with Crippen molar-refractivity contribution in [3.05, 3.63) is 57.5 Å². The van der Waals surface area contributed by atoms with Crippen LogP contribution in [0, 0.1) is 0 Å². The summed E-state index contributed by atoms with van der Waals surface area (Å²) in [7, 11) is 3.09. The Morgan fingerprint density at radius 3 is 2.35 bits per heavy atom. The van der Waals surface area contributed by atoms with Crippen LogP contribution in [-0.4, -0.2) is 48.6 Å². The third kappa shape index (κ3) is 4.95. The van der Waals surface area contributed by atoms with Crippen LogP contribution in [0.4, 0.5) is 0 Å². The van der Waals surface area contributed by atoms with Gasteiger partial charge in [-0.15, -0.1) is 0 Å². The summed E-state index contributed by atoms with van der Waals surface area (Å²) in [4.78, 5) is 41.5. The predicted octanol–water partition coefficient (Wildman–Crippen LogP) is 3.54. The maximum absolute atomic E-state index is 13.3. The molecule has 1 aliphatic carbocycles. The van der Waals surface area contributed by atoms with Crippen LogP contribution >= 0.6 is 0 Å². The first-order chi connectivity index (χ1) is 16.5. The quantitative estimate of drug-likeness (QED) is 0.673. The maximum atomic E-state index is 13.3. The number of hydrogen-bond donors (Lipinski definition) is 1. The maximum Gasteiger partial charge on any atom is 0.259 e. The molecule has 0 bridgehead atoms. The number of carbonyl (C=O) groups excluding carboxylic acids is 2. The first-order valence-corrected chi connectivity index (χ1v) is 12.1. The van der Waals surface area contributed by atoms with Crippen LogP contribution in [-0.2, 0) is 6.54 Å². The van der Waals surface area contributed by atoms with Crippen LogP contribution in [0.3, 0.4) is 0 Å². The highest BCUT2D eigenvalue weighted by Gasteiger charge is 2.27. The number of para-hydroxylation sites is 1. The first kappa shape index (κ1) is 23.9. The summed E-state index contributed by atoms with van der Waals surface area (Å²) in [6.07, 6.45) is 10.4. The van der Waals surface area contributed by atoms with Crippen LogP contribution in [0.2, 0.25) is 0 Å². The van der Waals surface area contributed by atoms with Crippen molar-refractivity contribution >= 4 is 11.8 Å². The molecule has 34 heavy (non-hydrogen) atoms. The molecule has 1 aromatic carbocycles. The fourth-order valence-corrected chi connectivity index (χ4v) is 4.96. The number of hydrogen-bond acceptors (Lipinski definition) is 5. The number of nitrogens with zero attached hydrogens (tertiary/aromatic N) is 2. The van der Waals surface area contributed by atoms with Crippen LogP contribution < -0.4 is 20.2 Å². The summed E-state index contributed by atoms with van der Waals surface area (Å²) in [6, 6.07) is 5.61. The number of piperidine rings is 1. The monoisotopic (exact) mass is 467 g/mol. The van der Waals surface area contributed by atoms with E-state index in [1.165, 1.54) is 0 Å². The number of likely N-dealkylation sites (tertiary alicyclic amines) is 1. The van der Waals surface area contributed by atoms with Gasteiger partial charge < -0.3 is 24.3 Å². The highest BCUT2D eigenvalue weighted by molar-refractivity contribution is 5.99. The molecule has 2 heterocycles. The zero-order chi connectivity index (χ0) is 24.1. The summed E-state index contributed by atoms with van der Waals surface area (Å²) in [5.74, 6) is 0.310. The van der Waals surface area contributed by atoms with Gasteiger partial charge in [0.2, 0.25) is 5.43 Å².